The van der Waals surface area contributed by atoms with Crippen molar-refractivity contribution >= 4 is 0 Å². The van der Waals surface area contributed by atoms with Crippen LogP contribution in [0.1, 0.15) is 135 Å². The minimum atomic E-state index is 0. The van der Waals surface area contributed by atoms with Crippen LogP contribution in [0.4, 0.5) is 4.70 Å². The molecule has 0 aromatic heterocycles. The van der Waals surface area contributed by atoms with Crippen LogP contribution in [-0.2, 0) is 0 Å². The van der Waals surface area contributed by atoms with Crippen molar-refractivity contribution in [2.45, 2.75) is 135 Å². The van der Waals surface area contributed by atoms with Crippen molar-refractivity contribution in [3.63, 3.8) is 0 Å². The van der Waals surface area contributed by atoms with Gasteiger partial charge in [0.15, 0.2) is 0 Å². The molecule has 0 saturated heterocycles. The van der Waals surface area contributed by atoms with Gasteiger partial charge < -0.3 is 4.90 Å². The highest BCUT2D eigenvalue weighted by molar-refractivity contribution is 4.51. The molecule has 0 aliphatic heterocycles. The lowest BCUT2D eigenvalue weighted by molar-refractivity contribution is 0.389. The molecule has 0 saturated carbocycles. The maximum absolute atomic E-state index is 2.30. The van der Waals surface area contributed by atoms with Gasteiger partial charge in [-0.3, -0.25) is 4.70 Å². The van der Waals surface area contributed by atoms with Gasteiger partial charge in [-0.2, -0.15) is 0 Å². The molecule has 0 amide bonds. The first-order valence-corrected chi connectivity index (χ1v) is 11.9. The number of rotatable bonds is 21. The summed E-state index contributed by atoms with van der Waals surface area (Å²) >= 11 is 0. The molecule has 0 spiro atoms. The minimum absolute atomic E-state index is 0. The van der Waals surface area contributed by atoms with Gasteiger partial charge in [0.1, 0.15) is 0 Å². The van der Waals surface area contributed by atoms with Crippen LogP contribution >= 0.6 is 0 Å². The van der Waals surface area contributed by atoms with Crippen molar-refractivity contribution in [2.24, 2.45) is 0 Å². The molecule has 26 heavy (non-hydrogen) atoms. The van der Waals surface area contributed by atoms with Crippen molar-refractivity contribution in [1.29, 1.82) is 0 Å². The lowest BCUT2D eigenvalue weighted by Gasteiger charge is -2.08. The summed E-state index contributed by atoms with van der Waals surface area (Å²) in [5.74, 6) is 0. The number of hydrogen-bond donors (Lipinski definition) is 0. The van der Waals surface area contributed by atoms with Gasteiger partial charge >= 0.3 is 0 Å². The Hall–Kier alpha value is -0.110. The summed E-state index contributed by atoms with van der Waals surface area (Å²) in [6.07, 6.45) is 29.3. The molecule has 0 radical (unpaired) electrons. The zero-order chi connectivity index (χ0) is 18.4. The quantitative estimate of drug-likeness (QED) is 0.182. The highest BCUT2D eigenvalue weighted by atomic mass is 19.0. The van der Waals surface area contributed by atoms with E-state index in [2.05, 4.69) is 25.9 Å². The summed E-state index contributed by atoms with van der Waals surface area (Å²) in [6.45, 7) is 3.56. The molecule has 0 bridgehead atoms. The Morgan fingerprint density at radius 1 is 0.385 bits per heavy atom. The van der Waals surface area contributed by atoms with E-state index in [1.807, 2.05) is 0 Å². The second kappa shape index (κ2) is 24.9. The van der Waals surface area contributed by atoms with E-state index in [9.17, 15) is 0 Å². The monoisotopic (exact) mass is 373 g/mol. The van der Waals surface area contributed by atoms with Crippen LogP contribution in [-0.4, -0.2) is 25.5 Å². The first kappa shape index (κ1) is 28.1. The average Bonchev–Trinajstić information content (AvgIpc) is 2.60. The van der Waals surface area contributed by atoms with Crippen molar-refractivity contribution in [1.82, 2.24) is 4.90 Å². The van der Waals surface area contributed by atoms with Gasteiger partial charge in [-0.1, -0.05) is 129 Å². The van der Waals surface area contributed by atoms with Gasteiger partial charge in [-0.15, -0.1) is 0 Å². The predicted molar refractivity (Wildman–Crippen MR) is 119 cm³/mol. The summed E-state index contributed by atoms with van der Waals surface area (Å²) < 4.78 is 0. The summed E-state index contributed by atoms with van der Waals surface area (Å²) in [6, 6.07) is 0. The van der Waals surface area contributed by atoms with Gasteiger partial charge in [0, 0.05) is 0 Å². The molecule has 0 aromatic rings. The largest absolute Gasteiger partial charge is 0.309 e. The van der Waals surface area contributed by atoms with Gasteiger partial charge in [0.05, 0.1) is 0 Å². The molecule has 0 heterocycles. The first-order valence-electron chi connectivity index (χ1n) is 11.9. The van der Waals surface area contributed by atoms with Crippen molar-refractivity contribution < 1.29 is 4.70 Å². The van der Waals surface area contributed by atoms with E-state index >= 15 is 0 Å². The highest BCUT2D eigenvalue weighted by Gasteiger charge is 1.95. The summed E-state index contributed by atoms with van der Waals surface area (Å²) in [7, 11) is 4.35. The van der Waals surface area contributed by atoms with Crippen molar-refractivity contribution in [3.8, 4) is 0 Å². The summed E-state index contributed by atoms with van der Waals surface area (Å²) in [5.41, 5.74) is 0. The molecular weight excluding hydrogens is 321 g/mol. The van der Waals surface area contributed by atoms with Crippen molar-refractivity contribution in [2.75, 3.05) is 20.6 Å². The predicted octanol–water partition coefficient (Wildman–Crippen LogP) is 8.52. The second-order valence-electron chi connectivity index (χ2n) is 8.52. The van der Waals surface area contributed by atoms with Crippen LogP contribution in [0.5, 0.6) is 0 Å². The lowest BCUT2D eigenvalue weighted by Crippen LogP contribution is -2.12. The Balaban J connectivity index is 0. The number of unbranched alkanes of at least 4 members (excludes halogenated alkanes) is 19. The Morgan fingerprint density at radius 2 is 0.615 bits per heavy atom. The fraction of sp³-hybridized carbons (Fsp3) is 1.00. The molecule has 0 rings (SSSR count). The van der Waals surface area contributed by atoms with Crippen LogP contribution in [0.3, 0.4) is 0 Å². The molecule has 0 unspecified atom stereocenters. The van der Waals surface area contributed by atoms with Crippen LogP contribution in [0, 0.1) is 0 Å². The first-order chi connectivity index (χ1) is 12.3. The number of hydrogen-bond acceptors (Lipinski definition) is 1. The van der Waals surface area contributed by atoms with Crippen LogP contribution in [0.2, 0.25) is 0 Å². The third-order valence-corrected chi connectivity index (χ3v) is 5.46. The van der Waals surface area contributed by atoms with Crippen molar-refractivity contribution in [3.05, 3.63) is 0 Å². The molecule has 0 aliphatic rings. The van der Waals surface area contributed by atoms with E-state index in [-0.39, 0.29) is 4.70 Å². The molecule has 160 valence electrons. The minimum Gasteiger partial charge on any atom is -0.309 e. The maximum Gasteiger partial charge on any atom is -0.00248 e. The maximum atomic E-state index is 2.30. The number of nitrogens with zero attached hydrogens (tertiary/aromatic N) is 1. The number of halogens is 1. The van der Waals surface area contributed by atoms with Gasteiger partial charge in [-0.25, -0.2) is 0 Å². The van der Waals surface area contributed by atoms with Crippen LogP contribution in [0.25, 0.3) is 0 Å². The molecule has 2 heteroatoms. The Bertz CT molecular complexity index is 230. The smallest absolute Gasteiger partial charge is 0.00248 e. The zero-order valence-corrected chi connectivity index (χ0v) is 18.7. The van der Waals surface area contributed by atoms with E-state index in [1.165, 1.54) is 135 Å². The van der Waals surface area contributed by atoms with E-state index < -0.39 is 0 Å². The van der Waals surface area contributed by atoms with Crippen LogP contribution < -0.4 is 0 Å². The molecule has 0 fully saturated rings. The molecule has 0 aliphatic carbocycles. The van der Waals surface area contributed by atoms with E-state index in [0.29, 0.717) is 0 Å². The second-order valence-corrected chi connectivity index (χ2v) is 8.52. The SMILES string of the molecule is CCCCCCCCCCCCCCCCCCCCCCN(C)C.F. The normalized spacial score (nSPS) is 11.1. The fourth-order valence-electron chi connectivity index (χ4n) is 3.68. The van der Waals surface area contributed by atoms with Gasteiger partial charge in [0.2, 0.25) is 0 Å². The molecule has 0 aromatic carbocycles. The summed E-state index contributed by atoms with van der Waals surface area (Å²) in [5, 5.41) is 0. The summed E-state index contributed by atoms with van der Waals surface area (Å²) in [4.78, 5) is 2.30. The molecular formula is C24H52FN. The van der Waals surface area contributed by atoms with Gasteiger partial charge in [0.25, 0.3) is 0 Å². The van der Waals surface area contributed by atoms with E-state index in [0.717, 1.165) is 0 Å². The third-order valence-electron chi connectivity index (χ3n) is 5.46. The zero-order valence-electron chi connectivity index (χ0n) is 18.7. The molecule has 1 nitrogen and oxygen atoms in total. The fourth-order valence-corrected chi connectivity index (χ4v) is 3.68. The highest BCUT2D eigenvalue weighted by Crippen LogP contribution is 2.14. The average molecular weight is 374 g/mol. The Morgan fingerprint density at radius 3 is 0.846 bits per heavy atom. The van der Waals surface area contributed by atoms with Crippen LogP contribution in [0.15, 0.2) is 0 Å². The topological polar surface area (TPSA) is 3.24 Å². The third kappa shape index (κ3) is 26.1. The van der Waals surface area contributed by atoms with Gasteiger partial charge in [-0.05, 0) is 27.1 Å². The Kier molecular flexibility index (Phi) is 26.9. The Labute approximate surface area is 166 Å². The van der Waals surface area contributed by atoms with E-state index in [1.54, 1.807) is 0 Å². The van der Waals surface area contributed by atoms with E-state index in [4.69, 9.17) is 0 Å². The lowest BCUT2D eigenvalue weighted by atomic mass is 10.0. The standard InChI is InChI=1S/C24H51N.FH/c1-4-5-6-7-8-9-10-11-12-13-14-15-16-17-18-19-20-21-22-23-24-25(2)3;/h4-24H2,1-3H3;1H. The molecule has 0 atom stereocenters. The molecule has 0 N–H and O–H groups in total.